The van der Waals surface area contributed by atoms with Crippen LogP contribution in [0.5, 0.6) is 0 Å². The second kappa shape index (κ2) is 7.98. The lowest BCUT2D eigenvalue weighted by atomic mass is 10.2. The maximum atomic E-state index is 11.2. The minimum Gasteiger partial charge on any atom is -0.481 e. The third kappa shape index (κ3) is 7.67. The van der Waals surface area contributed by atoms with Crippen LogP contribution < -0.4 is 10.6 Å². The number of rotatable bonds is 6. The maximum absolute atomic E-state index is 11.2. The molecule has 7 heteroatoms. The first-order valence-corrected chi connectivity index (χ1v) is 4.86. The molecule has 94 valence electrons. The Balaban J connectivity index is 4.07. The highest BCUT2D eigenvalue weighted by atomic mass is 16.4. The van der Waals surface area contributed by atoms with E-state index in [1.54, 1.807) is 6.92 Å². The molecule has 0 aliphatic carbocycles. The van der Waals surface area contributed by atoms with Crippen molar-refractivity contribution in [2.45, 2.75) is 25.8 Å². The number of carboxylic acids is 2. The molecule has 0 spiro atoms. The fraction of sp³-hybridized carbons (Fsp3) is 0.500. The van der Waals surface area contributed by atoms with Gasteiger partial charge in [-0.3, -0.25) is 4.79 Å². The van der Waals surface area contributed by atoms with Gasteiger partial charge in [-0.1, -0.05) is 0 Å². The van der Waals surface area contributed by atoms with Crippen LogP contribution in [0.4, 0.5) is 4.79 Å². The molecule has 1 atom stereocenters. The molecule has 0 aliphatic heterocycles. The van der Waals surface area contributed by atoms with Crippen molar-refractivity contribution in [1.82, 2.24) is 10.6 Å². The molecule has 0 aromatic rings. The van der Waals surface area contributed by atoms with Gasteiger partial charge in [0.25, 0.3) is 0 Å². The van der Waals surface area contributed by atoms with Crippen molar-refractivity contribution in [1.29, 1.82) is 0 Å². The number of urea groups is 1. The summed E-state index contributed by atoms with van der Waals surface area (Å²) in [6.45, 7) is 1.93. The topological polar surface area (TPSA) is 116 Å². The maximum Gasteiger partial charge on any atom is 0.326 e. The number of carboxylic acid groups (broad SMARTS) is 2. The Morgan fingerprint density at radius 2 is 1.94 bits per heavy atom. The summed E-state index contributed by atoms with van der Waals surface area (Å²) in [5.74, 6) is 2.65. The first kappa shape index (κ1) is 14.8. The van der Waals surface area contributed by atoms with Gasteiger partial charge in [0.05, 0.1) is 6.42 Å². The van der Waals surface area contributed by atoms with Crippen molar-refractivity contribution >= 4 is 18.0 Å². The van der Waals surface area contributed by atoms with E-state index < -0.39 is 30.4 Å². The number of nitrogens with one attached hydrogen (secondary N) is 2. The van der Waals surface area contributed by atoms with Crippen LogP contribution in [0.3, 0.4) is 0 Å². The van der Waals surface area contributed by atoms with Gasteiger partial charge in [-0.2, -0.15) is 0 Å². The third-order valence-corrected chi connectivity index (χ3v) is 1.69. The monoisotopic (exact) mass is 242 g/mol. The van der Waals surface area contributed by atoms with Gasteiger partial charge in [-0.15, -0.1) is 11.8 Å². The van der Waals surface area contributed by atoms with Gasteiger partial charge in [-0.25, -0.2) is 9.59 Å². The van der Waals surface area contributed by atoms with Crippen LogP contribution in [0, 0.1) is 11.8 Å². The largest absolute Gasteiger partial charge is 0.481 e. The van der Waals surface area contributed by atoms with Gasteiger partial charge in [0.15, 0.2) is 0 Å². The minimum absolute atomic E-state index is 0.270. The summed E-state index contributed by atoms with van der Waals surface area (Å²) in [6, 6.07) is -2.17. The molecule has 0 aliphatic rings. The zero-order valence-corrected chi connectivity index (χ0v) is 9.32. The molecule has 0 saturated carbocycles. The number of amides is 2. The van der Waals surface area contributed by atoms with E-state index in [1.807, 2.05) is 5.32 Å². The predicted octanol–water partition coefficient (Wildman–Crippen LogP) is -0.373. The second-order valence-electron chi connectivity index (χ2n) is 3.07. The van der Waals surface area contributed by atoms with Gasteiger partial charge >= 0.3 is 18.0 Å². The van der Waals surface area contributed by atoms with Crippen LogP contribution in [-0.2, 0) is 9.59 Å². The van der Waals surface area contributed by atoms with Crippen molar-refractivity contribution in [2.24, 2.45) is 0 Å². The molecule has 0 heterocycles. The highest BCUT2D eigenvalue weighted by molar-refractivity contribution is 5.86. The summed E-state index contributed by atoms with van der Waals surface area (Å²) in [7, 11) is 0. The molecule has 0 bridgehead atoms. The highest BCUT2D eigenvalue weighted by Gasteiger charge is 2.22. The Bertz CT molecular complexity index is 355. The van der Waals surface area contributed by atoms with Crippen LogP contribution in [0.2, 0.25) is 0 Å². The SMILES string of the molecule is CC#CCCNC(=O)N[C@@H](CC(=O)O)C(=O)O. The lowest BCUT2D eigenvalue weighted by Crippen LogP contribution is -2.47. The van der Waals surface area contributed by atoms with E-state index in [1.165, 1.54) is 0 Å². The molecular formula is C10H14N2O5. The van der Waals surface area contributed by atoms with Gasteiger partial charge in [0.2, 0.25) is 0 Å². The van der Waals surface area contributed by atoms with E-state index in [9.17, 15) is 14.4 Å². The van der Waals surface area contributed by atoms with Crippen molar-refractivity contribution in [3.05, 3.63) is 0 Å². The van der Waals surface area contributed by atoms with Crippen LogP contribution in [0.1, 0.15) is 19.8 Å². The molecular weight excluding hydrogens is 228 g/mol. The highest BCUT2D eigenvalue weighted by Crippen LogP contribution is 1.92. The second-order valence-corrected chi connectivity index (χ2v) is 3.07. The first-order chi connectivity index (χ1) is 7.97. The summed E-state index contributed by atoms with van der Waals surface area (Å²) in [6.07, 6.45) is -0.224. The Hall–Kier alpha value is -2.23. The van der Waals surface area contributed by atoms with Gasteiger partial charge in [0.1, 0.15) is 6.04 Å². The third-order valence-electron chi connectivity index (χ3n) is 1.69. The van der Waals surface area contributed by atoms with Crippen LogP contribution >= 0.6 is 0 Å². The van der Waals surface area contributed by atoms with Crippen molar-refractivity contribution < 1.29 is 24.6 Å². The minimum atomic E-state index is -1.44. The summed E-state index contributed by atoms with van der Waals surface area (Å²) in [5, 5.41) is 21.5. The van der Waals surface area contributed by atoms with Crippen molar-refractivity contribution in [2.75, 3.05) is 6.54 Å². The molecule has 17 heavy (non-hydrogen) atoms. The molecule has 0 rings (SSSR count). The Kier molecular flexibility index (Phi) is 6.94. The average Bonchev–Trinajstić information content (AvgIpc) is 2.22. The average molecular weight is 242 g/mol. The quantitative estimate of drug-likeness (QED) is 0.374. The summed E-state index contributed by atoms with van der Waals surface area (Å²) in [4.78, 5) is 32.1. The fourth-order valence-electron chi connectivity index (χ4n) is 0.948. The number of hydrogen-bond acceptors (Lipinski definition) is 3. The van der Waals surface area contributed by atoms with Crippen molar-refractivity contribution in [3.8, 4) is 11.8 Å². The zero-order valence-electron chi connectivity index (χ0n) is 9.32. The predicted molar refractivity (Wildman–Crippen MR) is 58.3 cm³/mol. The molecule has 0 aromatic heterocycles. The van der Waals surface area contributed by atoms with Gasteiger partial charge in [0, 0.05) is 13.0 Å². The number of carbonyl (C=O) groups excluding carboxylic acids is 1. The van der Waals surface area contributed by atoms with Crippen LogP contribution in [-0.4, -0.2) is 40.8 Å². The Labute approximate surface area is 98.2 Å². The van der Waals surface area contributed by atoms with E-state index in [4.69, 9.17) is 10.2 Å². The Morgan fingerprint density at radius 1 is 1.29 bits per heavy atom. The Morgan fingerprint density at radius 3 is 2.41 bits per heavy atom. The molecule has 0 aromatic carbocycles. The lowest BCUT2D eigenvalue weighted by Gasteiger charge is -2.12. The first-order valence-electron chi connectivity index (χ1n) is 4.86. The smallest absolute Gasteiger partial charge is 0.326 e. The zero-order chi connectivity index (χ0) is 13.3. The molecule has 2 amide bonds. The summed E-state index contributed by atoms with van der Waals surface area (Å²) >= 11 is 0. The van der Waals surface area contributed by atoms with Crippen LogP contribution in [0.15, 0.2) is 0 Å². The number of hydrogen-bond donors (Lipinski definition) is 4. The molecule has 4 N–H and O–H groups in total. The fourth-order valence-corrected chi connectivity index (χ4v) is 0.948. The van der Waals surface area contributed by atoms with Gasteiger partial charge < -0.3 is 20.8 Å². The molecule has 0 fully saturated rings. The number of carbonyl (C=O) groups is 3. The summed E-state index contributed by atoms with van der Waals surface area (Å²) < 4.78 is 0. The van der Waals surface area contributed by atoms with E-state index in [2.05, 4.69) is 17.2 Å². The van der Waals surface area contributed by atoms with Gasteiger partial charge in [-0.05, 0) is 6.92 Å². The molecule has 0 unspecified atom stereocenters. The van der Waals surface area contributed by atoms with E-state index in [-0.39, 0.29) is 6.54 Å². The molecule has 0 saturated heterocycles. The molecule has 0 radical (unpaired) electrons. The number of aliphatic carboxylic acids is 2. The van der Waals surface area contributed by atoms with E-state index in [0.29, 0.717) is 6.42 Å². The van der Waals surface area contributed by atoms with Crippen molar-refractivity contribution in [3.63, 3.8) is 0 Å². The van der Waals surface area contributed by atoms with Crippen LogP contribution in [0.25, 0.3) is 0 Å². The lowest BCUT2D eigenvalue weighted by molar-refractivity contribution is -0.145. The van der Waals surface area contributed by atoms with E-state index in [0.717, 1.165) is 0 Å². The van der Waals surface area contributed by atoms with E-state index >= 15 is 0 Å². The normalized spacial score (nSPS) is 10.6. The standard InChI is InChI=1S/C10H14N2O5/c1-2-3-4-5-11-10(17)12-7(9(15)16)6-8(13)14/h7H,4-6H2,1H3,(H,13,14)(H,15,16)(H2,11,12,17)/t7-/m0/s1. The molecule has 7 nitrogen and oxygen atoms in total. The summed E-state index contributed by atoms with van der Waals surface area (Å²) in [5.41, 5.74) is 0.